The topological polar surface area (TPSA) is 71.1 Å². The third-order valence-corrected chi connectivity index (χ3v) is 4.83. The van der Waals surface area contributed by atoms with Crippen LogP contribution in [0.3, 0.4) is 0 Å². The second-order valence-corrected chi connectivity index (χ2v) is 7.06. The molecular weight excluding hydrogens is 334 g/mol. The molecule has 0 spiro atoms. The van der Waals surface area contributed by atoms with Gasteiger partial charge in [0, 0.05) is 19.1 Å². The monoisotopic (exact) mass is 361 g/mol. The quantitative estimate of drug-likeness (QED) is 0.778. The molecule has 142 valence electrons. The molecule has 0 saturated heterocycles. The summed E-state index contributed by atoms with van der Waals surface area (Å²) in [5.41, 5.74) is 2.26. The van der Waals surface area contributed by atoms with Crippen molar-refractivity contribution in [1.82, 2.24) is 15.1 Å². The first-order valence-electron chi connectivity index (χ1n) is 8.99. The van der Waals surface area contributed by atoms with Gasteiger partial charge < -0.3 is 19.7 Å². The normalized spacial score (nSPS) is 16.2. The first-order chi connectivity index (χ1) is 12.5. The highest BCUT2D eigenvalue weighted by molar-refractivity contribution is 5.81. The van der Waals surface area contributed by atoms with Crippen molar-refractivity contribution in [2.75, 3.05) is 40.9 Å². The van der Waals surface area contributed by atoms with Crippen molar-refractivity contribution in [2.45, 2.75) is 31.8 Å². The van der Waals surface area contributed by atoms with Crippen LogP contribution in [-0.2, 0) is 22.6 Å². The number of ether oxygens (including phenoxy) is 2. The molecule has 1 aliphatic carbocycles. The van der Waals surface area contributed by atoms with E-state index in [9.17, 15) is 9.59 Å². The highest BCUT2D eigenvalue weighted by Gasteiger charge is 2.26. The number of rotatable bonds is 7. The molecule has 1 saturated carbocycles. The maximum atomic E-state index is 12.6. The van der Waals surface area contributed by atoms with Crippen LogP contribution in [0.1, 0.15) is 24.0 Å². The van der Waals surface area contributed by atoms with Gasteiger partial charge in [-0.1, -0.05) is 0 Å². The van der Waals surface area contributed by atoms with Crippen molar-refractivity contribution in [3.05, 3.63) is 23.3 Å². The van der Waals surface area contributed by atoms with E-state index in [0.29, 0.717) is 30.6 Å². The fourth-order valence-electron chi connectivity index (χ4n) is 3.23. The van der Waals surface area contributed by atoms with Crippen molar-refractivity contribution >= 4 is 11.8 Å². The molecule has 0 radical (unpaired) electrons. The lowest BCUT2D eigenvalue weighted by Crippen LogP contribution is -2.44. The molecule has 1 heterocycles. The Kier molecular flexibility index (Phi) is 5.66. The van der Waals surface area contributed by atoms with E-state index >= 15 is 0 Å². The Labute approximate surface area is 154 Å². The second kappa shape index (κ2) is 7.95. The number of fused-ring (bicyclic) bond motifs is 1. The maximum Gasteiger partial charge on any atom is 0.237 e. The number of nitrogens with zero attached hydrogens (tertiary/aromatic N) is 2. The van der Waals surface area contributed by atoms with E-state index in [1.807, 2.05) is 17.0 Å². The molecule has 2 amide bonds. The Hall–Kier alpha value is -2.28. The maximum absolute atomic E-state index is 12.6. The predicted octanol–water partition coefficient (Wildman–Crippen LogP) is 0.799. The SMILES string of the molecule is COc1cc2c(cc1OC)CN(C(=O)CN(C)CC(=O)NC1CC1)CC2. The lowest BCUT2D eigenvalue weighted by atomic mass is 9.98. The van der Waals surface area contributed by atoms with Gasteiger partial charge in [0.25, 0.3) is 0 Å². The van der Waals surface area contributed by atoms with Crippen LogP contribution < -0.4 is 14.8 Å². The van der Waals surface area contributed by atoms with Crippen molar-refractivity contribution in [2.24, 2.45) is 0 Å². The molecule has 0 aromatic heterocycles. The molecule has 1 aromatic rings. The minimum absolute atomic E-state index is 0.0105. The average Bonchev–Trinajstić information content (AvgIpc) is 3.43. The average molecular weight is 361 g/mol. The Morgan fingerprint density at radius 1 is 1.15 bits per heavy atom. The summed E-state index contributed by atoms with van der Waals surface area (Å²) in [6.45, 7) is 1.71. The summed E-state index contributed by atoms with van der Waals surface area (Å²) in [7, 11) is 5.03. The Morgan fingerprint density at radius 2 is 1.81 bits per heavy atom. The van der Waals surface area contributed by atoms with E-state index < -0.39 is 0 Å². The van der Waals surface area contributed by atoms with E-state index in [2.05, 4.69) is 5.32 Å². The van der Waals surface area contributed by atoms with Crippen LogP contribution in [0.25, 0.3) is 0 Å². The molecule has 1 aromatic carbocycles. The third kappa shape index (κ3) is 4.46. The standard InChI is InChI=1S/C19H27N3O4/c1-21(11-18(23)20-15-4-5-15)12-19(24)22-7-6-13-8-16(25-2)17(26-3)9-14(13)10-22/h8-9,15H,4-7,10-12H2,1-3H3,(H,20,23). The van der Waals surface area contributed by atoms with Crippen molar-refractivity contribution in [1.29, 1.82) is 0 Å². The molecule has 1 N–H and O–H groups in total. The van der Waals surface area contributed by atoms with Crippen LogP contribution >= 0.6 is 0 Å². The van der Waals surface area contributed by atoms with Crippen molar-refractivity contribution in [3.8, 4) is 11.5 Å². The Bertz CT molecular complexity index is 688. The van der Waals surface area contributed by atoms with Crippen LogP contribution in [0.5, 0.6) is 11.5 Å². The molecule has 2 aliphatic rings. The number of amides is 2. The summed E-state index contributed by atoms with van der Waals surface area (Å²) in [6.07, 6.45) is 2.92. The zero-order valence-corrected chi connectivity index (χ0v) is 15.7. The van der Waals surface area contributed by atoms with E-state index in [0.717, 1.165) is 24.8 Å². The number of nitrogens with one attached hydrogen (secondary N) is 1. The highest BCUT2D eigenvalue weighted by atomic mass is 16.5. The Balaban J connectivity index is 1.57. The number of hydrogen-bond donors (Lipinski definition) is 1. The minimum Gasteiger partial charge on any atom is -0.493 e. The summed E-state index contributed by atoms with van der Waals surface area (Å²) >= 11 is 0. The number of benzene rings is 1. The first kappa shape index (κ1) is 18.5. The number of carbonyl (C=O) groups is 2. The molecule has 1 aliphatic heterocycles. The van der Waals surface area contributed by atoms with Gasteiger partial charge in [0.15, 0.2) is 11.5 Å². The summed E-state index contributed by atoms with van der Waals surface area (Å²) in [4.78, 5) is 28.1. The molecule has 3 rings (SSSR count). The first-order valence-corrected chi connectivity index (χ1v) is 8.99. The fourth-order valence-corrected chi connectivity index (χ4v) is 3.23. The smallest absolute Gasteiger partial charge is 0.237 e. The van der Waals surface area contributed by atoms with Gasteiger partial charge >= 0.3 is 0 Å². The van der Waals surface area contributed by atoms with Crippen LogP contribution in [-0.4, -0.2) is 68.6 Å². The largest absolute Gasteiger partial charge is 0.493 e. The number of methoxy groups -OCH3 is 2. The molecule has 7 nitrogen and oxygen atoms in total. The zero-order chi connectivity index (χ0) is 18.7. The molecule has 0 unspecified atom stereocenters. The van der Waals surface area contributed by atoms with Gasteiger partial charge in [0.2, 0.25) is 11.8 Å². The van der Waals surface area contributed by atoms with E-state index in [-0.39, 0.29) is 24.9 Å². The minimum atomic E-state index is -0.0105. The predicted molar refractivity (Wildman–Crippen MR) is 97.3 cm³/mol. The molecular formula is C19H27N3O4. The lowest BCUT2D eigenvalue weighted by molar-refractivity contribution is -0.133. The van der Waals surface area contributed by atoms with Gasteiger partial charge in [0.05, 0.1) is 27.3 Å². The summed E-state index contributed by atoms with van der Waals surface area (Å²) in [6, 6.07) is 4.28. The third-order valence-electron chi connectivity index (χ3n) is 4.83. The van der Waals surface area contributed by atoms with Gasteiger partial charge in [-0.25, -0.2) is 0 Å². The van der Waals surface area contributed by atoms with Crippen LogP contribution in [0.15, 0.2) is 12.1 Å². The Morgan fingerprint density at radius 3 is 2.42 bits per heavy atom. The fraction of sp³-hybridized carbons (Fsp3) is 0.579. The summed E-state index contributed by atoms with van der Waals surface area (Å²) in [5.74, 6) is 1.41. The molecule has 1 fully saturated rings. The number of hydrogen-bond acceptors (Lipinski definition) is 5. The van der Waals surface area contributed by atoms with Crippen molar-refractivity contribution < 1.29 is 19.1 Å². The van der Waals surface area contributed by atoms with E-state index in [1.165, 1.54) is 5.56 Å². The zero-order valence-electron chi connectivity index (χ0n) is 15.7. The van der Waals surface area contributed by atoms with Gasteiger partial charge in [-0.3, -0.25) is 14.5 Å². The van der Waals surface area contributed by atoms with Gasteiger partial charge in [-0.2, -0.15) is 0 Å². The summed E-state index contributed by atoms with van der Waals surface area (Å²) < 4.78 is 10.7. The van der Waals surface area contributed by atoms with E-state index in [1.54, 1.807) is 26.2 Å². The van der Waals surface area contributed by atoms with E-state index in [4.69, 9.17) is 9.47 Å². The molecule has 26 heavy (non-hydrogen) atoms. The van der Waals surface area contributed by atoms with Gasteiger partial charge in [-0.05, 0) is 49.6 Å². The highest BCUT2D eigenvalue weighted by Crippen LogP contribution is 2.33. The van der Waals surface area contributed by atoms with Crippen LogP contribution in [0, 0.1) is 0 Å². The number of likely N-dealkylation sites (N-methyl/N-ethyl adjacent to an activating group) is 1. The molecule has 7 heteroatoms. The van der Waals surface area contributed by atoms with Crippen LogP contribution in [0.4, 0.5) is 0 Å². The van der Waals surface area contributed by atoms with Crippen LogP contribution in [0.2, 0.25) is 0 Å². The number of carbonyl (C=O) groups excluding carboxylic acids is 2. The molecule has 0 atom stereocenters. The van der Waals surface area contributed by atoms with Crippen molar-refractivity contribution in [3.63, 3.8) is 0 Å². The summed E-state index contributed by atoms with van der Waals surface area (Å²) in [5, 5.41) is 2.94. The second-order valence-electron chi connectivity index (χ2n) is 7.06. The van der Waals surface area contributed by atoms with Gasteiger partial charge in [0.1, 0.15) is 0 Å². The van der Waals surface area contributed by atoms with Gasteiger partial charge in [-0.15, -0.1) is 0 Å². The lowest BCUT2D eigenvalue weighted by Gasteiger charge is -2.31. The molecule has 0 bridgehead atoms.